The quantitative estimate of drug-likeness (QED) is 0.812. The van der Waals surface area contributed by atoms with Crippen LogP contribution in [0.4, 0.5) is 5.69 Å². The number of aliphatic hydroxyl groups excluding tert-OH is 1. The number of hydrogen-bond donors (Lipinski definition) is 2. The molecule has 2 rings (SSSR count). The zero-order valence-corrected chi connectivity index (χ0v) is 13.2. The summed E-state index contributed by atoms with van der Waals surface area (Å²) in [7, 11) is 0. The Balaban J connectivity index is 2.08. The summed E-state index contributed by atoms with van der Waals surface area (Å²) in [5.41, 5.74) is 3.61. The largest absolute Gasteiger partial charge is 0.396 e. The van der Waals surface area contributed by atoms with Gasteiger partial charge in [0.2, 0.25) is 0 Å². The fraction of sp³-hybridized carbons (Fsp3) is 0.294. The van der Waals surface area contributed by atoms with Crippen molar-refractivity contribution in [3.63, 3.8) is 0 Å². The van der Waals surface area contributed by atoms with Crippen molar-refractivity contribution in [3.8, 4) is 0 Å². The molecule has 2 nitrogen and oxygen atoms in total. The second kappa shape index (κ2) is 7.46. The zero-order chi connectivity index (χ0) is 14.4. The van der Waals surface area contributed by atoms with Gasteiger partial charge in [0.25, 0.3) is 0 Å². The Morgan fingerprint density at radius 2 is 1.95 bits per heavy atom. The lowest BCUT2D eigenvalue weighted by Gasteiger charge is -2.17. The van der Waals surface area contributed by atoms with Crippen molar-refractivity contribution in [1.82, 2.24) is 0 Å². The van der Waals surface area contributed by atoms with Gasteiger partial charge in [-0.05, 0) is 49.1 Å². The molecule has 0 aliphatic rings. The molecule has 0 heterocycles. The zero-order valence-electron chi connectivity index (χ0n) is 11.6. The van der Waals surface area contributed by atoms with Crippen molar-refractivity contribution in [2.75, 3.05) is 11.9 Å². The molecule has 0 spiro atoms. The lowest BCUT2D eigenvalue weighted by molar-refractivity contribution is 0.288. The van der Waals surface area contributed by atoms with Gasteiger partial charge < -0.3 is 10.4 Å². The Hall–Kier alpha value is -1.32. The Morgan fingerprint density at radius 3 is 2.70 bits per heavy atom. The van der Waals surface area contributed by atoms with Crippen molar-refractivity contribution in [3.05, 3.63) is 64.1 Å². The van der Waals surface area contributed by atoms with Crippen LogP contribution in [0.2, 0.25) is 0 Å². The van der Waals surface area contributed by atoms with Gasteiger partial charge in [0.05, 0.1) is 0 Å². The molecular weight excluding hydrogens is 314 g/mol. The summed E-state index contributed by atoms with van der Waals surface area (Å²) in [6.07, 6.45) is 1.72. The van der Waals surface area contributed by atoms with E-state index in [-0.39, 0.29) is 12.6 Å². The highest BCUT2D eigenvalue weighted by Gasteiger charge is 2.08. The van der Waals surface area contributed by atoms with E-state index in [1.807, 2.05) is 6.07 Å². The molecule has 3 heteroatoms. The predicted molar refractivity (Wildman–Crippen MR) is 88.0 cm³/mol. The first-order chi connectivity index (χ1) is 9.70. The van der Waals surface area contributed by atoms with Crippen molar-refractivity contribution in [2.45, 2.75) is 25.8 Å². The molecule has 0 bridgehead atoms. The summed E-state index contributed by atoms with van der Waals surface area (Å²) in [5, 5.41) is 12.4. The van der Waals surface area contributed by atoms with Crippen molar-refractivity contribution < 1.29 is 5.11 Å². The summed E-state index contributed by atoms with van der Waals surface area (Å²) in [6, 6.07) is 16.9. The van der Waals surface area contributed by atoms with E-state index in [9.17, 15) is 0 Å². The first kappa shape index (κ1) is 15.1. The maximum absolute atomic E-state index is 8.90. The van der Waals surface area contributed by atoms with Crippen LogP contribution < -0.4 is 5.32 Å². The lowest BCUT2D eigenvalue weighted by Crippen LogP contribution is -2.07. The molecule has 0 aliphatic carbocycles. The first-order valence-corrected chi connectivity index (χ1v) is 7.71. The van der Waals surface area contributed by atoms with Gasteiger partial charge in [-0.2, -0.15) is 0 Å². The van der Waals surface area contributed by atoms with E-state index in [2.05, 4.69) is 70.6 Å². The Kier molecular flexibility index (Phi) is 5.62. The van der Waals surface area contributed by atoms with Crippen LogP contribution in [0.1, 0.15) is 30.5 Å². The number of hydrogen-bond acceptors (Lipinski definition) is 2. The molecular formula is C17H20BrNO. The van der Waals surface area contributed by atoms with Crippen LogP contribution in [0, 0.1) is 0 Å². The normalized spacial score (nSPS) is 12.2. The SMILES string of the molecule is CC(Nc1cccc(CCCO)c1)c1ccccc1Br. The van der Waals surface area contributed by atoms with E-state index < -0.39 is 0 Å². The number of aryl methyl sites for hydroxylation is 1. The number of anilines is 1. The van der Waals surface area contributed by atoms with Gasteiger partial charge in [0.1, 0.15) is 0 Å². The van der Waals surface area contributed by atoms with Gasteiger partial charge in [-0.15, -0.1) is 0 Å². The highest BCUT2D eigenvalue weighted by Crippen LogP contribution is 2.26. The standard InChI is InChI=1S/C17H20BrNO/c1-13(16-9-2-3-10-17(16)18)19-15-8-4-6-14(12-15)7-5-11-20/h2-4,6,8-10,12-13,19-20H,5,7,11H2,1H3. The van der Waals surface area contributed by atoms with Crippen LogP contribution >= 0.6 is 15.9 Å². The molecule has 0 saturated heterocycles. The van der Waals surface area contributed by atoms with E-state index >= 15 is 0 Å². The van der Waals surface area contributed by atoms with E-state index in [4.69, 9.17) is 5.11 Å². The smallest absolute Gasteiger partial charge is 0.0496 e. The number of benzene rings is 2. The Bertz CT molecular complexity index is 556. The lowest BCUT2D eigenvalue weighted by atomic mass is 10.1. The summed E-state index contributed by atoms with van der Waals surface area (Å²) >= 11 is 3.59. The van der Waals surface area contributed by atoms with Crippen molar-refractivity contribution >= 4 is 21.6 Å². The van der Waals surface area contributed by atoms with Crippen molar-refractivity contribution in [2.24, 2.45) is 0 Å². The molecule has 1 atom stereocenters. The molecule has 0 aliphatic heterocycles. The molecule has 2 aromatic carbocycles. The monoisotopic (exact) mass is 333 g/mol. The van der Waals surface area contributed by atoms with E-state index in [0.717, 1.165) is 23.0 Å². The minimum atomic E-state index is 0.235. The van der Waals surface area contributed by atoms with Gasteiger partial charge in [0, 0.05) is 22.8 Å². The van der Waals surface area contributed by atoms with Gasteiger partial charge in [-0.25, -0.2) is 0 Å². The second-order valence-electron chi connectivity index (χ2n) is 4.92. The fourth-order valence-corrected chi connectivity index (χ4v) is 2.88. The van der Waals surface area contributed by atoms with Crippen LogP contribution in [0.3, 0.4) is 0 Å². The molecule has 1 unspecified atom stereocenters. The van der Waals surface area contributed by atoms with Crippen LogP contribution in [0.25, 0.3) is 0 Å². The maximum Gasteiger partial charge on any atom is 0.0496 e. The molecule has 20 heavy (non-hydrogen) atoms. The number of aliphatic hydroxyl groups is 1. The van der Waals surface area contributed by atoms with Gasteiger partial charge in [-0.3, -0.25) is 0 Å². The third kappa shape index (κ3) is 4.09. The summed E-state index contributed by atoms with van der Waals surface area (Å²) in [4.78, 5) is 0. The van der Waals surface area contributed by atoms with Crippen LogP contribution in [0.15, 0.2) is 53.0 Å². The van der Waals surface area contributed by atoms with Crippen LogP contribution in [-0.2, 0) is 6.42 Å². The number of nitrogens with one attached hydrogen (secondary N) is 1. The summed E-state index contributed by atoms with van der Waals surface area (Å²) in [5.74, 6) is 0. The molecule has 2 N–H and O–H groups in total. The molecule has 0 aromatic heterocycles. The molecule has 2 aromatic rings. The second-order valence-corrected chi connectivity index (χ2v) is 5.77. The summed E-state index contributed by atoms with van der Waals surface area (Å²) in [6.45, 7) is 2.39. The average molecular weight is 334 g/mol. The van der Waals surface area contributed by atoms with Crippen LogP contribution in [0.5, 0.6) is 0 Å². The minimum Gasteiger partial charge on any atom is -0.396 e. The third-order valence-electron chi connectivity index (χ3n) is 3.31. The van der Waals surface area contributed by atoms with E-state index in [1.165, 1.54) is 11.1 Å². The minimum absolute atomic E-state index is 0.235. The Morgan fingerprint density at radius 1 is 1.15 bits per heavy atom. The molecule has 0 amide bonds. The third-order valence-corrected chi connectivity index (χ3v) is 4.03. The molecule has 0 fully saturated rings. The topological polar surface area (TPSA) is 32.3 Å². The molecule has 106 valence electrons. The van der Waals surface area contributed by atoms with E-state index in [0.29, 0.717) is 0 Å². The fourth-order valence-electron chi connectivity index (χ4n) is 2.25. The first-order valence-electron chi connectivity index (χ1n) is 6.91. The number of rotatable bonds is 6. The van der Waals surface area contributed by atoms with Gasteiger partial charge in [0.15, 0.2) is 0 Å². The highest BCUT2D eigenvalue weighted by atomic mass is 79.9. The van der Waals surface area contributed by atoms with Gasteiger partial charge >= 0.3 is 0 Å². The van der Waals surface area contributed by atoms with Crippen molar-refractivity contribution in [1.29, 1.82) is 0 Å². The molecule has 0 saturated carbocycles. The predicted octanol–water partition coefficient (Wildman–Crippen LogP) is 4.55. The highest BCUT2D eigenvalue weighted by molar-refractivity contribution is 9.10. The molecule has 0 radical (unpaired) electrons. The van der Waals surface area contributed by atoms with Gasteiger partial charge in [-0.1, -0.05) is 46.3 Å². The summed E-state index contributed by atoms with van der Waals surface area (Å²) < 4.78 is 1.12. The number of halogens is 1. The Labute approximate surface area is 129 Å². The average Bonchev–Trinajstić information content (AvgIpc) is 2.46. The van der Waals surface area contributed by atoms with Crippen LogP contribution in [-0.4, -0.2) is 11.7 Å². The maximum atomic E-state index is 8.90. The van der Waals surface area contributed by atoms with E-state index in [1.54, 1.807) is 0 Å².